The zero-order valence-electron chi connectivity index (χ0n) is 17.3. The summed E-state index contributed by atoms with van der Waals surface area (Å²) in [5.41, 5.74) is -0.693. The van der Waals surface area contributed by atoms with Gasteiger partial charge in [0.15, 0.2) is 0 Å². The molecule has 1 fully saturated rings. The highest BCUT2D eigenvalue weighted by Crippen LogP contribution is 2.37. The molecule has 1 saturated heterocycles. The Bertz CT molecular complexity index is 579. The van der Waals surface area contributed by atoms with Crippen LogP contribution in [-0.2, 0) is 9.31 Å². The van der Waals surface area contributed by atoms with E-state index in [1.165, 1.54) is 0 Å². The summed E-state index contributed by atoms with van der Waals surface area (Å²) in [5, 5.41) is 0. The highest BCUT2D eigenvalue weighted by Gasteiger charge is 2.52. The van der Waals surface area contributed by atoms with Crippen molar-refractivity contribution in [2.45, 2.75) is 91.6 Å². The van der Waals surface area contributed by atoms with Gasteiger partial charge in [-0.05, 0) is 74.7 Å². The molecule has 0 bridgehead atoms. The zero-order chi connectivity index (χ0) is 19.3. The Morgan fingerprint density at radius 2 is 1.16 bits per heavy atom. The van der Waals surface area contributed by atoms with Crippen molar-refractivity contribution < 1.29 is 18.8 Å². The Labute approximate surface area is 152 Å². The molecule has 2 heterocycles. The van der Waals surface area contributed by atoms with Crippen LogP contribution in [-0.4, -0.2) is 34.5 Å². The summed E-state index contributed by atoms with van der Waals surface area (Å²) in [6.07, 6.45) is 0. The molecule has 0 amide bonds. The standard InChI is InChI=1S/C19H32BNO4/c1-16(2,3)22-14-11-13(12-15(21-14)23-17(4,5)6)20-24-18(7,8)19(9,10)25-20/h11-12H,1-10H3. The van der Waals surface area contributed by atoms with Gasteiger partial charge in [0.1, 0.15) is 11.2 Å². The largest absolute Gasteiger partial charge is 0.495 e. The third kappa shape index (κ3) is 5.11. The second kappa shape index (κ2) is 6.17. The van der Waals surface area contributed by atoms with Crippen LogP contribution in [0.4, 0.5) is 0 Å². The lowest BCUT2D eigenvalue weighted by molar-refractivity contribution is 0.00578. The lowest BCUT2D eigenvalue weighted by Crippen LogP contribution is -2.41. The van der Waals surface area contributed by atoms with Crippen LogP contribution in [0.1, 0.15) is 69.2 Å². The Kier molecular flexibility index (Phi) is 4.95. The fraction of sp³-hybridized carbons (Fsp3) is 0.737. The van der Waals surface area contributed by atoms with E-state index in [4.69, 9.17) is 18.8 Å². The first kappa shape index (κ1) is 20.1. The monoisotopic (exact) mass is 349 g/mol. The Morgan fingerprint density at radius 3 is 1.48 bits per heavy atom. The number of rotatable bonds is 3. The van der Waals surface area contributed by atoms with Crippen molar-refractivity contribution in [3.8, 4) is 11.8 Å². The fourth-order valence-electron chi connectivity index (χ4n) is 2.35. The molecule has 25 heavy (non-hydrogen) atoms. The number of hydrogen-bond acceptors (Lipinski definition) is 5. The van der Waals surface area contributed by atoms with E-state index in [1.54, 1.807) is 0 Å². The first-order valence-electron chi connectivity index (χ1n) is 8.84. The van der Waals surface area contributed by atoms with Crippen LogP contribution >= 0.6 is 0 Å². The summed E-state index contributed by atoms with van der Waals surface area (Å²) >= 11 is 0. The van der Waals surface area contributed by atoms with Gasteiger partial charge in [-0.2, -0.15) is 4.98 Å². The predicted octanol–water partition coefficient (Wildman–Crippen LogP) is 3.74. The lowest BCUT2D eigenvalue weighted by Gasteiger charge is -2.32. The topological polar surface area (TPSA) is 49.8 Å². The van der Waals surface area contributed by atoms with Crippen molar-refractivity contribution in [3.63, 3.8) is 0 Å². The molecule has 0 aliphatic carbocycles. The van der Waals surface area contributed by atoms with E-state index < -0.39 is 18.3 Å². The van der Waals surface area contributed by atoms with Gasteiger partial charge in [-0.1, -0.05) is 0 Å². The molecule has 0 unspecified atom stereocenters. The summed E-state index contributed by atoms with van der Waals surface area (Å²) in [6, 6.07) is 3.73. The number of pyridine rings is 1. The normalized spacial score (nSPS) is 19.8. The van der Waals surface area contributed by atoms with Gasteiger partial charge in [-0.3, -0.25) is 0 Å². The number of nitrogens with zero attached hydrogens (tertiary/aromatic N) is 1. The molecular weight excluding hydrogens is 317 g/mol. The molecule has 1 aliphatic heterocycles. The Hall–Kier alpha value is -1.27. The van der Waals surface area contributed by atoms with Gasteiger partial charge in [-0.15, -0.1) is 0 Å². The van der Waals surface area contributed by atoms with Gasteiger partial charge in [0.05, 0.1) is 11.2 Å². The van der Waals surface area contributed by atoms with Crippen molar-refractivity contribution in [1.82, 2.24) is 4.98 Å². The highest BCUT2D eigenvalue weighted by atomic mass is 16.7. The van der Waals surface area contributed by atoms with E-state index >= 15 is 0 Å². The molecule has 0 atom stereocenters. The van der Waals surface area contributed by atoms with Crippen LogP contribution in [0.15, 0.2) is 12.1 Å². The van der Waals surface area contributed by atoms with Crippen molar-refractivity contribution in [2.75, 3.05) is 0 Å². The fourth-order valence-corrected chi connectivity index (χ4v) is 2.35. The van der Waals surface area contributed by atoms with Crippen LogP contribution in [0, 0.1) is 0 Å². The van der Waals surface area contributed by atoms with E-state index in [9.17, 15) is 0 Å². The molecule has 1 aromatic rings. The summed E-state index contributed by atoms with van der Waals surface area (Å²) in [7, 11) is -0.488. The molecule has 0 radical (unpaired) electrons. The molecular formula is C19H32BNO4. The third-order valence-electron chi connectivity index (χ3n) is 4.15. The SMILES string of the molecule is CC(C)(C)Oc1cc(B2OC(C)(C)C(C)(C)O2)cc(OC(C)(C)C)n1. The van der Waals surface area contributed by atoms with Crippen molar-refractivity contribution in [3.05, 3.63) is 12.1 Å². The second-order valence-electron chi connectivity index (χ2n) is 9.59. The number of aromatic nitrogens is 1. The maximum atomic E-state index is 6.16. The lowest BCUT2D eigenvalue weighted by atomic mass is 9.79. The highest BCUT2D eigenvalue weighted by molar-refractivity contribution is 6.62. The molecule has 1 aliphatic rings. The molecule has 2 rings (SSSR count). The Morgan fingerprint density at radius 1 is 0.800 bits per heavy atom. The maximum absolute atomic E-state index is 6.16. The number of hydrogen-bond donors (Lipinski definition) is 0. The van der Waals surface area contributed by atoms with Gasteiger partial charge < -0.3 is 18.8 Å². The minimum atomic E-state index is -0.488. The first-order chi connectivity index (χ1) is 11.1. The van der Waals surface area contributed by atoms with Crippen LogP contribution in [0.25, 0.3) is 0 Å². The predicted molar refractivity (Wildman–Crippen MR) is 101 cm³/mol. The quantitative estimate of drug-likeness (QED) is 0.778. The minimum absolute atomic E-state index is 0.361. The summed E-state index contributed by atoms with van der Waals surface area (Å²) in [6.45, 7) is 20.1. The van der Waals surface area contributed by atoms with Gasteiger partial charge in [-0.25, -0.2) is 0 Å². The molecule has 0 aromatic carbocycles. The van der Waals surface area contributed by atoms with E-state index in [1.807, 2.05) is 81.4 Å². The average Bonchev–Trinajstić information content (AvgIpc) is 2.53. The van der Waals surface area contributed by atoms with E-state index in [-0.39, 0.29) is 11.2 Å². The zero-order valence-corrected chi connectivity index (χ0v) is 17.3. The van der Waals surface area contributed by atoms with Gasteiger partial charge in [0.2, 0.25) is 11.8 Å². The van der Waals surface area contributed by atoms with Crippen molar-refractivity contribution in [2.24, 2.45) is 0 Å². The van der Waals surface area contributed by atoms with Crippen molar-refractivity contribution >= 4 is 12.6 Å². The van der Waals surface area contributed by atoms with E-state index in [0.29, 0.717) is 11.8 Å². The molecule has 0 spiro atoms. The first-order valence-corrected chi connectivity index (χ1v) is 8.84. The van der Waals surface area contributed by atoms with Crippen molar-refractivity contribution in [1.29, 1.82) is 0 Å². The molecule has 0 saturated carbocycles. The maximum Gasteiger partial charge on any atom is 0.495 e. The van der Waals surface area contributed by atoms with Gasteiger partial charge in [0.25, 0.3) is 0 Å². The molecule has 6 heteroatoms. The number of ether oxygens (including phenoxy) is 2. The second-order valence-corrected chi connectivity index (χ2v) is 9.59. The Balaban J connectivity index is 2.40. The summed E-state index contributed by atoms with van der Waals surface area (Å²) in [4.78, 5) is 4.49. The minimum Gasteiger partial charge on any atom is -0.472 e. The van der Waals surface area contributed by atoms with Crippen LogP contribution < -0.4 is 14.9 Å². The average molecular weight is 349 g/mol. The summed E-state index contributed by atoms with van der Waals surface area (Å²) in [5.74, 6) is 0.998. The van der Waals surface area contributed by atoms with Crippen LogP contribution in [0.3, 0.4) is 0 Å². The third-order valence-corrected chi connectivity index (χ3v) is 4.15. The van der Waals surface area contributed by atoms with Crippen LogP contribution in [0.5, 0.6) is 11.8 Å². The van der Waals surface area contributed by atoms with Gasteiger partial charge >= 0.3 is 7.12 Å². The van der Waals surface area contributed by atoms with Crippen LogP contribution in [0.2, 0.25) is 0 Å². The molecule has 140 valence electrons. The summed E-state index contributed by atoms with van der Waals surface area (Å²) < 4.78 is 24.2. The van der Waals surface area contributed by atoms with Gasteiger partial charge in [0, 0.05) is 12.1 Å². The molecule has 5 nitrogen and oxygen atoms in total. The van der Waals surface area contributed by atoms with E-state index in [2.05, 4.69) is 4.98 Å². The van der Waals surface area contributed by atoms with E-state index in [0.717, 1.165) is 5.46 Å². The smallest absolute Gasteiger partial charge is 0.472 e. The molecule has 1 aromatic heterocycles. The molecule has 0 N–H and O–H groups in total.